The first-order chi connectivity index (χ1) is 1.91. The van der Waals surface area contributed by atoms with Crippen molar-refractivity contribution < 1.29 is 4.79 Å². The number of hydrogen-bond acceptors (Lipinski definition) is 1. The SMILES string of the molecule is C=CC=O.[PbH2]. The summed E-state index contributed by atoms with van der Waals surface area (Å²) in [7, 11) is 0. The predicted octanol–water partition coefficient (Wildman–Crippen LogP) is -0.545. The second-order valence-corrected chi connectivity index (χ2v) is 0.372. The molecule has 0 aliphatic heterocycles. The van der Waals surface area contributed by atoms with Crippen LogP contribution in [0.25, 0.3) is 0 Å². The Hall–Kier alpha value is 0.332. The van der Waals surface area contributed by atoms with Crippen LogP contribution in [0.3, 0.4) is 0 Å². The molecule has 28 valence electrons. The van der Waals surface area contributed by atoms with Crippen LogP contribution < -0.4 is 0 Å². The molecule has 0 saturated heterocycles. The van der Waals surface area contributed by atoms with Gasteiger partial charge in [-0.05, 0) is 6.08 Å². The zero-order valence-corrected chi connectivity index (χ0v) is 8.47. The van der Waals surface area contributed by atoms with Gasteiger partial charge in [0.1, 0.15) is 6.29 Å². The number of carbonyl (C=O) groups is 1. The molecule has 0 spiro atoms. The minimum absolute atomic E-state index is 0. The van der Waals surface area contributed by atoms with Crippen molar-refractivity contribution >= 4 is 33.6 Å². The molecule has 0 saturated carbocycles. The number of allylic oxidation sites excluding steroid dienone is 1. The summed E-state index contributed by atoms with van der Waals surface area (Å²) in [6.45, 7) is 3.11. The first-order valence-electron chi connectivity index (χ1n) is 0.977. The fourth-order valence-corrected chi connectivity index (χ4v) is 0. The molecule has 1 nitrogen and oxygen atoms in total. The van der Waals surface area contributed by atoms with Crippen molar-refractivity contribution in [3.63, 3.8) is 0 Å². The van der Waals surface area contributed by atoms with Gasteiger partial charge in [-0.3, -0.25) is 4.79 Å². The molecular weight excluding hydrogens is 259 g/mol. The molecule has 0 atom stereocenters. The summed E-state index contributed by atoms with van der Waals surface area (Å²) in [4.78, 5) is 9.06. The summed E-state index contributed by atoms with van der Waals surface area (Å²) >= 11 is 0. The van der Waals surface area contributed by atoms with Crippen LogP contribution in [0.4, 0.5) is 0 Å². The van der Waals surface area contributed by atoms with Crippen molar-refractivity contribution in [1.82, 2.24) is 0 Å². The third kappa shape index (κ3) is 13.3. The maximum absolute atomic E-state index is 9.06. The Kier molecular flexibility index (Phi) is 15.9. The van der Waals surface area contributed by atoms with E-state index in [1.54, 1.807) is 0 Å². The fraction of sp³-hybridized carbons (Fsp3) is 0. The Morgan fingerprint density at radius 2 is 1.80 bits per heavy atom. The van der Waals surface area contributed by atoms with Crippen molar-refractivity contribution in [3.05, 3.63) is 12.7 Å². The quantitative estimate of drug-likeness (QED) is 0.353. The summed E-state index contributed by atoms with van der Waals surface area (Å²) in [5.41, 5.74) is 0. The molecule has 0 N–H and O–H groups in total. The minimum atomic E-state index is 0. The van der Waals surface area contributed by atoms with E-state index in [2.05, 4.69) is 6.58 Å². The third-order valence-electron chi connectivity index (χ3n) is 0.0962. The van der Waals surface area contributed by atoms with Crippen LogP contribution >= 0.6 is 0 Å². The van der Waals surface area contributed by atoms with E-state index in [0.29, 0.717) is 6.29 Å². The molecule has 0 rings (SSSR count). The van der Waals surface area contributed by atoms with Crippen LogP contribution in [-0.4, -0.2) is 33.6 Å². The second kappa shape index (κ2) is 8.84. The summed E-state index contributed by atoms with van der Waals surface area (Å²) < 4.78 is 0. The molecular formula is C3H6OPb. The average Bonchev–Trinajstić information content (AvgIpc) is 1.37. The maximum atomic E-state index is 9.06. The van der Waals surface area contributed by atoms with E-state index >= 15 is 0 Å². The van der Waals surface area contributed by atoms with E-state index in [4.69, 9.17) is 4.79 Å². The van der Waals surface area contributed by atoms with Gasteiger partial charge in [0, 0.05) is 0 Å². The molecule has 5 heavy (non-hydrogen) atoms. The normalized spacial score (nSPS) is 4.00. The van der Waals surface area contributed by atoms with Crippen LogP contribution in [0.5, 0.6) is 0 Å². The van der Waals surface area contributed by atoms with Gasteiger partial charge >= 0.3 is 27.3 Å². The van der Waals surface area contributed by atoms with Crippen LogP contribution in [0.15, 0.2) is 12.7 Å². The Morgan fingerprint density at radius 1 is 1.60 bits per heavy atom. The third-order valence-corrected chi connectivity index (χ3v) is 0.0962. The molecule has 0 aromatic carbocycles. The van der Waals surface area contributed by atoms with E-state index < -0.39 is 0 Å². The van der Waals surface area contributed by atoms with Crippen molar-refractivity contribution in [2.24, 2.45) is 0 Å². The van der Waals surface area contributed by atoms with Crippen molar-refractivity contribution in [3.8, 4) is 0 Å². The predicted molar refractivity (Wildman–Crippen MR) is 24.8 cm³/mol. The number of hydrogen-bond donors (Lipinski definition) is 0. The zero-order chi connectivity index (χ0) is 3.41. The molecule has 0 aromatic heterocycles. The summed E-state index contributed by atoms with van der Waals surface area (Å²) in [5, 5.41) is 0. The molecule has 0 heterocycles. The molecule has 0 aromatic rings. The average molecular weight is 265 g/mol. The van der Waals surface area contributed by atoms with E-state index in [1.165, 1.54) is 6.08 Å². The van der Waals surface area contributed by atoms with Gasteiger partial charge < -0.3 is 0 Å². The summed E-state index contributed by atoms with van der Waals surface area (Å²) in [6, 6.07) is 0. The van der Waals surface area contributed by atoms with Crippen molar-refractivity contribution in [2.45, 2.75) is 0 Å². The van der Waals surface area contributed by atoms with E-state index in [9.17, 15) is 0 Å². The van der Waals surface area contributed by atoms with Crippen molar-refractivity contribution in [1.29, 1.82) is 0 Å². The summed E-state index contributed by atoms with van der Waals surface area (Å²) in [6.07, 6.45) is 1.83. The van der Waals surface area contributed by atoms with Gasteiger partial charge in [0.15, 0.2) is 0 Å². The monoisotopic (exact) mass is 266 g/mol. The first kappa shape index (κ1) is 9.01. The van der Waals surface area contributed by atoms with Crippen molar-refractivity contribution in [2.75, 3.05) is 0 Å². The Labute approximate surface area is 51.2 Å². The molecule has 0 aliphatic carbocycles. The van der Waals surface area contributed by atoms with Gasteiger partial charge in [-0.1, -0.05) is 6.58 Å². The molecule has 0 amide bonds. The fourth-order valence-electron chi connectivity index (χ4n) is 0. The van der Waals surface area contributed by atoms with Gasteiger partial charge in [0.2, 0.25) is 0 Å². The number of rotatable bonds is 1. The summed E-state index contributed by atoms with van der Waals surface area (Å²) in [5.74, 6) is 0. The van der Waals surface area contributed by atoms with Crippen LogP contribution in [0.2, 0.25) is 0 Å². The molecule has 0 unspecified atom stereocenters. The van der Waals surface area contributed by atoms with Gasteiger partial charge in [0.25, 0.3) is 0 Å². The first-order valence-corrected chi connectivity index (χ1v) is 0.977. The topological polar surface area (TPSA) is 17.1 Å². The van der Waals surface area contributed by atoms with Gasteiger partial charge in [-0.15, -0.1) is 0 Å². The standard InChI is InChI=1S/C3H4O.Pb.2H/c1-2-3-4;;;/h2-3H,1H2;;;. The van der Waals surface area contributed by atoms with E-state index in [1.807, 2.05) is 0 Å². The second-order valence-electron chi connectivity index (χ2n) is 0.372. The van der Waals surface area contributed by atoms with Gasteiger partial charge in [-0.2, -0.15) is 0 Å². The molecule has 0 aliphatic rings. The molecule has 2 radical (unpaired) electrons. The van der Waals surface area contributed by atoms with Gasteiger partial charge in [-0.25, -0.2) is 0 Å². The van der Waals surface area contributed by atoms with Gasteiger partial charge in [0.05, 0.1) is 0 Å². The molecule has 2 heteroatoms. The molecule has 0 bridgehead atoms. The van der Waals surface area contributed by atoms with E-state index in [0.717, 1.165) is 0 Å². The Morgan fingerprint density at radius 3 is 1.80 bits per heavy atom. The Balaban J connectivity index is 0. The van der Waals surface area contributed by atoms with Crippen LogP contribution in [-0.2, 0) is 4.79 Å². The zero-order valence-electron chi connectivity index (χ0n) is 2.98. The van der Waals surface area contributed by atoms with E-state index in [-0.39, 0.29) is 27.3 Å². The van der Waals surface area contributed by atoms with Crippen LogP contribution in [0.1, 0.15) is 0 Å². The molecule has 0 fully saturated rings. The Bertz CT molecular complexity index is 27.9. The van der Waals surface area contributed by atoms with Crippen LogP contribution in [0, 0.1) is 0 Å². The number of aldehydes is 1. The number of carbonyl (C=O) groups excluding carboxylic acids is 1.